The molecule has 1 nitrogen and oxygen atoms in total. The van der Waals surface area contributed by atoms with Gasteiger partial charge in [0.1, 0.15) is 0 Å². The summed E-state index contributed by atoms with van der Waals surface area (Å²) in [6, 6.07) is 1.22. The number of aliphatic hydroxyl groups excluding tert-OH is 1. The van der Waals surface area contributed by atoms with Crippen molar-refractivity contribution in [3.05, 3.63) is 0 Å². The summed E-state index contributed by atoms with van der Waals surface area (Å²) in [5, 5.41) is 7.00. The van der Waals surface area contributed by atoms with Crippen LogP contribution < -0.4 is 0 Å². The minimum atomic E-state index is -1.01. The Morgan fingerprint density at radius 2 is 1.70 bits per heavy atom. The van der Waals surface area contributed by atoms with Crippen molar-refractivity contribution < 1.29 is 5.11 Å². The van der Waals surface area contributed by atoms with Crippen LogP contribution in [-0.4, -0.2) is 26.3 Å². The highest BCUT2D eigenvalue weighted by Gasteiger charge is 2.17. The Hall–Kier alpha value is 1.05. The van der Waals surface area contributed by atoms with E-state index in [1.807, 2.05) is 0 Å². The maximum Gasteiger partial charge on any atom is 0.190 e. The predicted octanol–water partition coefficient (Wildman–Crippen LogP) is 1.53. The van der Waals surface area contributed by atoms with Gasteiger partial charge in [0.25, 0.3) is 0 Å². The van der Waals surface area contributed by atoms with E-state index in [4.69, 9.17) is 39.9 Å². The smallest absolute Gasteiger partial charge is 0.190 e. The first kappa shape index (κ1) is 13.6. The summed E-state index contributed by atoms with van der Waals surface area (Å²) in [4.78, 5) is 0. The highest BCUT2D eigenvalue weighted by Crippen LogP contribution is 2.31. The molecule has 10 heavy (non-hydrogen) atoms. The van der Waals surface area contributed by atoms with Crippen molar-refractivity contribution in [3.8, 4) is 0 Å². The fourth-order valence-corrected chi connectivity index (χ4v) is 1.13. The molecule has 0 heterocycles. The van der Waals surface area contributed by atoms with Crippen LogP contribution in [0.1, 0.15) is 12.8 Å². The number of alkyl halides is 3. The Balaban J connectivity index is 0. The molecule has 0 rings (SSSR count). The Bertz CT molecular complexity index is 64.4. The van der Waals surface area contributed by atoms with Crippen molar-refractivity contribution in [2.45, 2.75) is 22.7 Å². The maximum atomic E-state index is 7.00. The number of aliphatic hydroxyl groups is 1. The molecule has 0 bridgehead atoms. The molecule has 0 saturated carbocycles. The molecule has 1 N–H and O–H groups in total. The van der Waals surface area contributed by atoms with Gasteiger partial charge in [0.05, 0.1) is 0 Å². The Morgan fingerprint density at radius 1 is 1.30 bits per heavy atom. The third kappa shape index (κ3) is 16.0. The van der Waals surface area contributed by atoms with Gasteiger partial charge in [-0.1, -0.05) is 47.3 Å². The summed E-state index contributed by atoms with van der Waals surface area (Å²) in [6.07, 6.45) is 1.74. The third-order valence-electron chi connectivity index (χ3n) is 0.814. The minimum absolute atomic E-state index is 0.696. The first-order valence-electron chi connectivity index (χ1n) is 3.07. The zero-order valence-corrected chi connectivity index (χ0v) is 10.5. The fourth-order valence-electron chi connectivity index (χ4n) is 0.377. The average Bonchev–Trinajstić information content (AvgIpc) is 1.87. The maximum absolute atomic E-state index is 7.00. The highest BCUT2D eigenvalue weighted by atomic mass is 35.6. The lowest BCUT2D eigenvalue weighted by Crippen LogP contribution is -2.00. The van der Waals surface area contributed by atoms with E-state index in [1.54, 1.807) is 0 Å². The van der Waals surface area contributed by atoms with Crippen LogP contribution in [0.3, 0.4) is 0 Å². The lowest BCUT2D eigenvalue weighted by molar-refractivity contribution is 0.399. The van der Waals surface area contributed by atoms with Crippen LogP contribution >= 0.6 is 34.8 Å². The normalized spacial score (nSPS) is 10.5. The van der Waals surface area contributed by atoms with Gasteiger partial charge in [0.15, 0.2) is 3.79 Å². The van der Waals surface area contributed by atoms with Crippen molar-refractivity contribution in [1.29, 1.82) is 0 Å². The highest BCUT2D eigenvalue weighted by molar-refractivity contribution is 6.67. The minimum Gasteiger partial charge on any atom is -0.400 e. The zero-order chi connectivity index (χ0) is 8.62. The molecule has 0 spiro atoms. The van der Waals surface area contributed by atoms with Gasteiger partial charge in [-0.25, -0.2) is 0 Å². The number of hydrogen-bond acceptors (Lipinski definition) is 1. The van der Waals surface area contributed by atoms with Crippen molar-refractivity contribution in [2.24, 2.45) is 0 Å². The van der Waals surface area contributed by atoms with E-state index >= 15 is 0 Å². The first-order valence-corrected chi connectivity index (χ1v) is 5.62. The van der Waals surface area contributed by atoms with Gasteiger partial charge in [-0.2, -0.15) is 0 Å². The van der Waals surface area contributed by atoms with Gasteiger partial charge >= 0.3 is 0 Å². The SMILES string of the molecule is CO.[SiH3]CCCC(Cl)(Cl)Cl. The molecule has 0 aromatic rings. The number of halogens is 3. The van der Waals surface area contributed by atoms with Crippen LogP contribution in [0.15, 0.2) is 0 Å². The number of hydrogen-bond donors (Lipinski definition) is 1. The molecule has 0 amide bonds. The van der Waals surface area contributed by atoms with Crippen LogP contribution in [0.4, 0.5) is 0 Å². The zero-order valence-electron chi connectivity index (χ0n) is 6.20. The van der Waals surface area contributed by atoms with Gasteiger partial charge in [-0.3, -0.25) is 0 Å². The van der Waals surface area contributed by atoms with Crippen LogP contribution in [0, 0.1) is 0 Å². The van der Waals surface area contributed by atoms with E-state index in [0.29, 0.717) is 6.42 Å². The summed E-state index contributed by atoms with van der Waals surface area (Å²) >= 11 is 16.4. The largest absolute Gasteiger partial charge is 0.400 e. The van der Waals surface area contributed by atoms with E-state index in [-0.39, 0.29) is 0 Å². The first-order chi connectivity index (χ1) is 4.56. The van der Waals surface area contributed by atoms with Gasteiger partial charge in [-0.15, -0.1) is 0 Å². The Kier molecular flexibility index (Phi) is 11.1. The molecule has 64 valence electrons. The molecule has 0 saturated heterocycles. The van der Waals surface area contributed by atoms with Crippen molar-refractivity contribution in [3.63, 3.8) is 0 Å². The van der Waals surface area contributed by atoms with Crippen molar-refractivity contribution in [2.75, 3.05) is 7.11 Å². The number of rotatable bonds is 2. The summed E-state index contributed by atoms with van der Waals surface area (Å²) < 4.78 is -1.01. The molecule has 0 aliphatic carbocycles. The second-order valence-electron chi connectivity index (χ2n) is 1.72. The van der Waals surface area contributed by atoms with Gasteiger partial charge in [-0.05, 0) is 6.42 Å². The van der Waals surface area contributed by atoms with Crippen LogP contribution in [-0.2, 0) is 0 Å². The predicted molar refractivity (Wildman–Crippen MR) is 52.4 cm³/mol. The van der Waals surface area contributed by atoms with E-state index in [2.05, 4.69) is 0 Å². The Labute approximate surface area is 80.1 Å². The second-order valence-corrected chi connectivity index (χ2v) is 5.23. The summed E-state index contributed by atoms with van der Waals surface area (Å²) in [7, 11) is 2.21. The molecule has 0 unspecified atom stereocenters. The van der Waals surface area contributed by atoms with E-state index < -0.39 is 3.79 Å². The van der Waals surface area contributed by atoms with Gasteiger partial charge < -0.3 is 5.11 Å². The average molecular weight is 224 g/mol. The Morgan fingerprint density at radius 3 is 1.80 bits per heavy atom. The van der Waals surface area contributed by atoms with Crippen LogP contribution in [0.5, 0.6) is 0 Å². The van der Waals surface area contributed by atoms with E-state index in [9.17, 15) is 0 Å². The monoisotopic (exact) mass is 222 g/mol. The van der Waals surface area contributed by atoms with E-state index in [0.717, 1.165) is 13.5 Å². The quantitative estimate of drug-likeness (QED) is 0.556. The lowest BCUT2D eigenvalue weighted by atomic mass is 10.4. The molecule has 0 aliphatic rings. The summed E-state index contributed by atoms with van der Waals surface area (Å²) in [6.45, 7) is 0. The second kappa shape index (κ2) is 8.15. The standard InChI is InChI=1S/C4H9Cl3Si.CH4O/c5-4(6,7)2-1-3-8;1-2/h1-3H2,8H3;2H,1H3. The summed E-state index contributed by atoms with van der Waals surface area (Å²) in [5.41, 5.74) is 0. The molecule has 0 aliphatic heterocycles. The molecule has 5 heteroatoms. The van der Waals surface area contributed by atoms with Crippen molar-refractivity contribution in [1.82, 2.24) is 0 Å². The summed E-state index contributed by atoms with van der Waals surface area (Å²) in [5.74, 6) is 0. The molecule has 0 radical (unpaired) electrons. The van der Waals surface area contributed by atoms with Crippen LogP contribution in [0.2, 0.25) is 6.04 Å². The fraction of sp³-hybridized carbons (Fsp3) is 1.00. The topological polar surface area (TPSA) is 20.2 Å². The molecule has 0 aromatic heterocycles. The lowest BCUT2D eigenvalue weighted by Gasteiger charge is -2.07. The molecule has 0 fully saturated rings. The third-order valence-corrected chi connectivity index (χ3v) is 2.09. The van der Waals surface area contributed by atoms with Gasteiger partial charge in [0, 0.05) is 17.4 Å². The molecule has 0 atom stereocenters. The molecular formula is C5H13Cl3OSi. The van der Waals surface area contributed by atoms with Crippen LogP contribution in [0.25, 0.3) is 0 Å². The molecule has 0 aromatic carbocycles. The van der Waals surface area contributed by atoms with E-state index in [1.165, 1.54) is 16.3 Å². The molecular weight excluding hydrogens is 210 g/mol. The van der Waals surface area contributed by atoms with Gasteiger partial charge in [0.2, 0.25) is 0 Å². The van der Waals surface area contributed by atoms with Crippen molar-refractivity contribution >= 4 is 45.0 Å².